The number of hydrogen-bond donors (Lipinski definition) is 1. The summed E-state index contributed by atoms with van der Waals surface area (Å²) in [6.45, 7) is 1.88. The highest BCUT2D eigenvalue weighted by atomic mass is 32.2. The standard InChI is InChI=1S/C14H14NO2S/c1-11-13(12-7-4-3-5-8-12)9-6-10-14(11)15-18(2,16)17/h3-9,15H,1-2H3. The molecule has 0 spiro atoms. The summed E-state index contributed by atoms with van der Waals surface area (Å²) in [6.07, 6.45) is 1.13. The Kier molecular flexibility index (Phi) is 3.39. The van der Waals surface area contributed by atoms with E-state index in [0.717, 1.165) is 22.9 Å². The minimum Gasteiger partial charge on any atom is -0.283 e. The molecule has 0 bridgehead atoms. The van der Waals surface area contributed by atoms with E-state index in [1.807, 2.05) is 43.3 Å². The van der Waals surface area contributed by atoms with Gasteiger partial charge in [-0.3, -0.25) is 4.72 Å². The summed E-state index contributed by atoms with van der Waals surface area (Å²) in [7, 11) is -3.28. The van der Waals surface area contributed by atoms with E-state index in [1.165, 1.54) is 0 Å². The number of sulfonamides is 1. The minimum atomic E-state index is -3.28. The summed E-state index contributed by atoms with van der Waals surface area (Å²) in [4.78, 5) is 0. The van der Waals surface area contributed by atoms with Crippen molar-refractivity contribution in [3.05, 3.63) is 54.1 Å². The van der Waals surface area contributed by atoms with Crippen LogP contribution < -0.4 is 4.72 Å². The number of nitrogens with one attached hydrogen (secondary N) is 1. The molecule has 0 aliphatic rings. The van der Waals surface area contributed by atoms with Crippen LogP contribution in [0.25, 0.3) is 11.1 Å². The lowest BCUT2D eigenvalue weighted by Crippen LogP contribution is -2.10. The van der Waals surface area contributed by atoms with Crippen molar-refractivity contribution in [3.63, 3.8) is 0 Å². The van der Waals surface area contributed by atoms with Gasteiger partial charge in [-0.25, -0.2) is 8.42 Å². The summed E-state index contributed by atoms with van der Waals surface area (Å²) in [5.41, 5.74) is 3.43. The lowest BCUT2D eigenvalue weighted by atomic mass is 10.00. The molecule has 4 heteroatoms. The van der Waals surface area contributed by atoms with Gasteiger partial charge >= 0.3 is 0 Å². The average Bonchev–Trinajstić information content (AvgIpc) is 2.31. The van der Waals surface area contributed by atoms with Crippen molar-refractivity contribution in [3.8, 4) is 11.1 Å². The van der Waals surface area contributed by atoms with Crippen LogP contribution in [0.15, 0.2) is 42.5 Å². The van der Waals surface area contributed by atoms with Crippen molar-refractivity contribution < 1.29 is 8.42 Å². The van der Waals surface area contributed by atoms with E-state index in [0.29, 0.717) is 5.69 Å². The molecule has 18 heavy (non-hydrogen) atoms. The molecule has 2 aromatic carbocycles. The molecule has 3 nitrogen and oxygen atoms in total. The first kappa shape index (κ1) is 12.6. The molecule has 2 aromatic rings. The monoisotopic (exact) mass is 260 g/mol. The molecular formula is C14H14NO2S. The van der Waals surface area contributed by atoms with Crippen LogP contribution in [0.5, 0.6) is 0 Å². The molecule has 0 aliphatic carbocycles. The molecule has 0 fully saturated rings. The second kappa shape index (κ2) is 4.82. The Morgan fingerprint density at radius 3 is 2.39 bits per heavy atom. The first-order valence-electron chi connectivity index (χ1n) is 5.52. The van der Waals surface area contributed by atoms with Crippen molar-refractivity contribution in [2.45, 2.75) is 6.92 Å². The van der Waals surface area contributed by atoms with E-state index >= 15 is 0 Å². The molecule has 0 saturated heterocycles. The highest BCUT2D eigenvalue weighted by Crippen LogP contribution is 2.28. The van der Waals surface area contributed by atoms with Crippen LogP contribution in [0.3, 0.4) is 0 Å². The molecule has 0 saturated carbocycles. The lowest BCUT2D eigenvalue weighted by Gasteiger charge is -2.11. The van der Waals surface area contributed by atoms with Crippen LogP contribution >= 0.6 is 0 Å². The van der Waals surface area contributed by atoms with Crippen molar-refractivity contribution in [1.82, 2.24) is 0 Å². The predicted octanol–water partition coefficient (Wildman–Crippen LogP) is 2.83. The molecule has 0 amide bonds. The van der Waals surface area contributed by atoms with Crippen molar-refractivity contribution in [1.29, 1.82) is 0 Å². The molecule has 1 N–H and O–H groups in total. The zero-order chi connectivity index (χ0) is 13.2. The van der Waals surface area contributed by atoms with Gasteiger partial charge in [0.2, 0.25) is 10.0 Å². The maximum Gasteiger partial charge on any atom is 0.229 e. The Hall–Kier alpha value is -1.81. The Bertz CT molecular complexity index is 649. The topological polar surface area (TPSA) is 46.2 Å². The molecule has 1 radical (unpaired) electrons. The first-order chi connectivity index (χ1) is 8.47. The summed E-state index contributed by atoms with van der Waals surface area (Å²) in [6, 6.07) is 16.4. The lowest BCUT2D eigenvalue weighted by molar-refractivity contribution is 0.607. The molecular weight excluding hydrogens is 246 g/mol. The van der Waals surface area contributed by atoms with Gasteiger partial charge in [-0.05, 0) is 23.6 Å². The third-order valence-corrected chi connectivity index (χ3v) is 3.20. The van der Waals surface area contributed by atoms with Gasteiger partial charge in [0.15, 0.2) is 0 Å². The maximum absolute atomic E-state index is 11.3. The van der Waals surface area contributed by atoms with Gasteiger partial charge < -0.3 is 0 Å². The largest absolute Gasteiger partial charge is 0.283 e. The quantitative estimate of drug-likeness (QED) is 0.922. The van der Waals surface area contributed by atoms with Crippen LogP contribution in [-0.2, 0) is 10.0 Å². The fourth-order valence-corrected chi connectivity index (χ4v) is 2.38. The fourth-order valence-electron chi connectivity index (χ4n) is 1.80. The molecule has 0 unspecified atom stereocenters. The van der Waals surface area contributed by atoms with E-state index < -0.39 is 10.0 Å². The van der Waals surface area contributed by atoms with Crippen LogP contribution in [0, 0.1) is 13.0 Å². The summed E-state index contributed by atoms with van der Waals surface area (Å²) in [5, 5.41) is 0. The minimum absolute atomic E-state index is 0.499. The van der Waals surface area contributed by atoms with Crippen molar-refractivity contribution in [2.75, 3.05) is 11.0 Å². The number of rotatable bonds is 3. The SMILES string of the molecule is Cc1c(NS(C)(=O)=O)[c]ccc1-c1ccccc1. The molecule has 0 aromatic heterocycles. The van der Waals surface area contributed by atoms with Crippen LogP contribution in [0.4, 0.5) is 5.69 Å². The average molecular weight is 260 g/mol. The van der Waals surface area contributed by atoms with Gasteiger partial charge in [0.25, 0.3) is 0 Å². The van der Waals surface area contributed by atoms with Crippen LogP contribution in [-0.4, -0.2) is 14.7 Å². The van der Waals surface area contributed by atoms with Crippen LogP contribution in [0.2, 0.25) is 0 Å². The van der Waals surface area contributed by atoms with Gasteiger partial charge in [-0.15, -0.1) is 0 Å². The number of hydrogen-bond acceptors (Lipinski definition) is 2. The highest BCUT2D eigenvalue weighted by Gasteiger charge is 2.09. The number of anilines is 1. The van der Waals surface area contributed by atoms with Gasteiger partial charge in [-0.1, -0.05) is 42.5 Å². The van der Waals surface area contributed by atoms with Gasteiger partial charge in [0.05, 0.1) is 11.9 Å². The molecule has 93 valence electrons. The van der Waals surface area contributed by atoms with Gasteiger partial charge in [0.1, 0.15) is 0 Å². The normalized spacial score (nSPS) is 11.2. The summed E-state index contributed by atoms with van der Waals surface area (Å²) in [5.74, 6) is 0. The van der Waals surface area contributed by atoms with E-state index in [2.05, 4.69) is 10.8 Å². The first-order valence-corrected chi connectivity index (χ1v) is 7.41. The Labute approximate surface area is 108 Å². The van der Waals surface area contributed by atoms with E-state index in [4.69, 9.17) is 0 Å². The van der Waals surface area contributed by atoms with E-state index in [-0.39, 0.29) is 0 Å². The third-order valence-electron chi connectivity index (χ3n) is 2.63. The molecule has 0 atom stereocenters. The van der Waals surface area contributed by atoms with Gasteiger partial charge in [-0.2, -0.15) is 0 Å². The maximum atomic E-state index is 11.3. The van der Waals surface area contributed by atoms with Crippen molar-refractivity contribution in [2.24, 2.45) is 0 Å². The molecule has 0 aliphatic heterocycles. The van der Waals surface area contributed by atoms with E-state index in [1.54, 1.807) is 6.07 Å². The Morgan fingerprint density at radius 1 is 1.11 bits per heavy atom. The van der Waals surface area contributed by atoms with Crippen LogP contribution in [0.1, 0.15) is 5.56 Å². The second-order valence-corrected chi connectivity index (χ2v) is 5.88. The summed E-state index contributed by atoms with van der Waals surface area (Å²) < 4.78 is 25.0. The molecule has 2 rings (SSSR count). The number of benzene rings is 2. The van der Waals surface area contributed by atoms with Crippen molar-refractivity contribution >= 4 is 15.7 Å². The fraction of sp³-hybridized carbons (Fsp3) is 0.143. The Balaban J connectivity index is 2.49. The third kappa shape index (κ3) is 2.90. The van der Waals surface area contributed by atoms with Gasteiger partial charge in [0, 0.05) is 6.07 Å². The molecule has 0 heterocycles. The smallest absolute Gasteiger partial charge is 0.229 e. The highest BCUT2D eigenvalue weighted by molar-refractivity contribution is 7.92. The Morgan fingerprint density at radius 2 is 1.78 bits per heavy atom. The predicted molar refractivity (Wildman–Crippen MR) is 73.9 cm³/mol. The summed E-state index contributed by atoms with van der Waals surface area (Å²) >= 11 is 0. The zero-order valence-electron chi connectivity index (χ0n) is 10.3. The second-order valence-electron chi connectivity index (χ2n) is 4.13. The van der Waals surface area contributed by atoms with E-state index in [9.17, 15) is 8.42 Å². The zero-order valence-corrected chi connectivity index (χ0v) is 11.1.